The van der Waals surface area contributed by atoms with Crippen LogP contribution >= 0.6 is 11.8 Å². The van der Waals surface area contributed by atoms with E-state index in [0.717, 1.165) is 23.3 Å². The van der Waals surface area contributed by atoms with E-state index < -0.39 is 0 Å². The summed E-state index contributed by atoms with van der Waals surface area (Å²) in [5.41, 5.74) is 1.88. The van der Waals surface area contributed by atoms with E-state index in [1.54, 1.807) is 7.11 Å². The van der Waals surface area contributed by atoms with E-state index in [-0.39, 0.29) is 23.8 Å². The van der Waals surface area contributed by atoms with Gasteiger partial charge >= 0.3 is 0 Å². The summed E-state index contributed by atoms with van der Waals surface area (Å²) in [5, 5.41) is 12.4. The molecule has 1 amide bonds. The Balaban J connectivity index is 1.71. The Labute approximate surface area is 199 Å². The summed E-state index contributed by atoms with van der Waals surface area (Å²) < 4.78 is 13.4. The van der Waals surface area contributed by atoms with Gasteiger partial charge in [0.1, 0.15) is 12.4 Å². The summed E-state index contributed by atoms with van der Waals surface area (Å²) in [7, 11) is 1.66. The van der Waals surface area contributed by atoms with Crippen molar-refractivity contribution in [2.24, 2.45) is 0 Å². The molecule has 3 rings (SSSR count). The zero-order chi connectivity index (χ0) is 23.7. The molecular formula is C25H32N4O3S. The van der Waals surface area contributed by atoms with Crippen LogP contribution in [-0.2, 0) is 22.7 Å². The molecule has 2 aromatic carbocycles. The summed E-state index contributed by atoms with van der Waals surface area (Å²) in [6.07, 6.45) is 0.860. The number of nitrogens with zero attached hydrogens (tertiary/aromatic N) is 3. The van der Waals surface area contributed by atoms with E-state index in [9.17, 15) is 4.79 Å². The van der Waals surface area contributed by atoms with E-state index in [4.69, 9.17) is 9.47 Å². The normalized spacial score (nSPS) is 11.4. The first kappa shape index (κ1) is 24.8. The molecule has 0 radical (unpaired) electrons. The number of thioether (sulfide) groups is 1. The molecule has 8 heteroatoms. The third-order valence-electron chi connectivity index (χ3n) is 5.34. The number of hydrogen-bond acceptors (Lipinski definition) is 6. The molecule has 0 aliphatic carbocycles. The number of ether oxygens (including phenoxy) is 2. The van der Waals surface area contributed by atoms with Gasteiger partial charge in [-0.3, -0.25) is 4.79 Å². The van der Waals surface area contributed by atoms with Crippen LogP contribution in [0.15, 0.2) is 59.8 Å². The molecule has 33 heavy (non-hydrogen) atoms. The van der Waals surface area contributed by atoms with Crippen LogP contribution in [0, 0.1) is 0 Å². The number of carbonyl (C=O) groups is 1. The smallest absolute Gasteiger partial charge is 0.230 e. The molecule has 0 aliphatic heterocycles. The van der Waals surface area contributed by atoms with Crippen molar-refractivity contribution in [2.75, 3.05) is 19.5 Å². The predicted molar refractivity (Wildman–Crippen MR) is 131 cm³/mol. The number of aromatic nitrogens is 3. The summed E-state index contributed by atoms with van der Waals surface area (Å²) >= 11 is 1.37. The van der Waals surface area contributed by atoms with Crippen LogP contribution in [0.1, 0.15) is 33.0 Å². The van der Waals surface area contributed by atoms with Crippen LogP contribution in [0.3, 0.4) is 0 Å². The molecule has 1 N–H and O–H groups in total. The van der Waals surface area contributed by atoms with Crippen molar-refractivity contribution in [3.05, 3.63) is 60.4 Å². The molecule has 0 spiro atoms. The van der Waals surface area contributed by atoms with Crippen LogP contribution in [-0.4, -0.2) is 45.7 Å². The van der Waals surface area contributed by atoms with E-state index in [2.05, 4.69) is 34.6 Å². The average molecular weight is 469 g/mol. The van der Waals surface area contributed by atoms with E-state index in [1.165, 1.54) is 11.8 Å². The fourth-order valence-corrected chi connectivity index (χ4v) is 3.95. The van der Waals surface area contributed by atoms with Gasteiger partial charge in [0.25, 0.3) is 0 Å². The Morgan fingerprint density at radius 3 is 2.55 bits per heavy atom. The molecule has 0 unspecified atom stereocenters. The van der Waals surface area contributed by atoms with Crippen molar-refractivity contribution in [3.8, 4) is 16.9 Å². The fraction of sp³-hybridized carbons (Fsp3) is 0.400. The molecule has 0 aliphatic rings. The molecule has 7 nitrogen and oxygen atoms in total. The minimum absolute atomic E-state index is 0.0253. The highest BCUT2D eigenvalue weighted by Gasteiger charge is 2.20. The van der Waals surface area contributed by atoms with Gasteiger partial charge in [-0.25, -0.2) is 0 Å². The monoisotopic (exact) mass is 468 g/mol. The lowest BCUT2D eigenvalue weighted by Gasteiger charge is -2.24. The van der Waals surface area contributed by atoms with Crippen LogP contribution < -0.4 is 10.1 Å². The summed E-state index contributed by atoms with van der Waals surface area (Å²) in [4.78, 5) is 12.4. The number of benzene rings is 2. The topological polar surface area (TPSA) is 78.3 Å². The fourth-order valence-electron chi connectivity index (χ4n) is 3.16. The first-order chi connectivity index (χ1) is 15.9. The van der Waals surface area contributed by atoms with Crippen molar-refractivity contribution in [1.29, 1.82) is 0 Å². The second-order valence-electron chi connectivity index (χ2n) is 8.27. The van der Waals surface area contributed by atoms with Gasteiger partial charge < -0.3 is 19.4 Å². The Kier molecular flexibility index (Phi) is 8.91. The lowest BCUT2D eigenvalue weighted by Crippen LogP contribution is -2.43. The highest BCUT2D eigenvalue weighted by molar-refractivity contribution is 7.99. The molecule has 0 fully saturated rings. The second-order valence-corrected chi connectivity index (χ2v) is 9.21. The largest absolute Gasteiger partial charge is 0.485 e. The molecule has 0 saturated carbocycles. The maximum atomic E-state index is 12.4. The third-order valence-corrected chi connectivity index (χ3v) is 6.30. The number of para-hydroxylation sites is 1. The number of nitrogens with one attached hydrogen (secondary N) is 1. The molecule has 0 bridgehead atoms. The van der Waals surface area contributed by atoms with Gasteiger partial charge in [-0.05, 0) is 31.9 Å². The van der Waals surface area contributed by atoms with Gasteiger partial charge in [-0.2, -0.15) is 0 Å². The third kappa shape index (κ3) is 7.07. The number of rotatable bonds is 12. The summed E-state index contributed by atoms with van der Waals surface area (Å²) in [5.74, 6) is 1.71. The number of amides is 1. The van der Waals surface area contributed by atoms with Crippen molar-refractivity contribution >= 4 is 17.7 Å². The van der Waals surface area contributed by atoms with Gasteiger partial charge in [-0.1, -0.05) is 67.2 Å². The minimum atomic E-state index is -0.230. The molecule has 0 saturated heterocycles. The molecular weight excluding hydrogens is 436 g/mol. The molecule has 0 atom stereocenters. The zero-order valence-corrected chi connectivity index (χ0v) is 20.5. The lowest BCUT2D eigenvalue weighted by molar-refractivity contribution is -0.120. The Hall–Kier alpha value is -2.84. The standard InChI is InChI=1S/C25H32N4O3S/c1-5-25(2,3)26-23(30)18-33-24-28-27-22(29(24)15-16-31-4)17-32-21-14-10-9-13-20(21)19-11-7-6-8-12-19/h6-14H,5,15-18H2,1-4H3,(H,26,30). The van der Waals surface area contributed by atoms with Gasteiger partial charge in [0.2, 0.25) is 5.91 Å². The Bertz CT molecular complexity index is 1040. The quantitative estimate of drug-likeness (QED) is 0.393. The van der Waals surface area contributed by atoms with Crippen molar-refractivity contribution in [2.45, 2.75) is 51.0 Å². The van der Waals surface area contributed by atoms with Crippen molar-refractivity contribution < 1.29 is 14.3 Å². The maximum absolute atomic E-state index is 12.4. The highest BCUT2D eigenvalue weighted by atomic mass is 32.2. The van der Waals surface area contributed by atoms with E-state index in [0.29, 0.717) is 24.1 Å². The first-order valence-corrected chi connectivity index (χ1v) is 12.0. The van der Waals surface area contributed by atoms with E-state index >= 15 is 0 Å². The molecule has 1 heterocycles. The predicted octanol–water partition coefficient (Wildman–Crippen LogP) is 4.57. The van der Waals surface area contributed by atoms with Gasteiger partial charge in [0.15, 0.2) is 11.0 Å². The highest BCUT2D eigenvalue weighted by Crippen LogP contribution is 2.30. The Morgan fingerprint density at radius 2 is 1.82 bits per heavy atom. The van der Waals surface area contributed by atoms with Crippen LogP contribution in [0.4, 0.5) is 0 Å². The summed E-state index contributed by atoms with van der Waals surface area (Å²) in [6.45, 7) is 7.42. The average Bonchev–Trinajstić information content (AvgIpc) is 3.22. The molecule has 3 aromatic rings. The van der Waals surface area contributed by atoms with Gasteiger partial charge in [-0.15, -0.1) is 10.2 Å². The SMILES string of the molecule is CCC(C)(C)NC(=O)CSc1nnc(COc2ccccc2-c2ccccc2)n1CCOC. The number of carbonyl (C=O) groups excluding carboxylic acids is 1. The van der Waals surface area contributed by atoms with Crippen LogP contribution in [0.5, 0.6) is 5.75 Å². The Morgan fingerprint density at radius 1 is 1.09 bits per heavy atom. The molecule has 176 valence electrons. The van der Waals surface area contributed by atoms with Crippen molar-refractivity contribution in [1.82, 2.24) is 20.1 Å². The molecule has 1 aromatic heterocycles. The maximum Gasteiger partial charge on any atom is 0.230 e. The van der Waals surface area contributed by atoms with Gasteiger partial charge in [0.05, 0.1) is 12.4 Å². The first-order valence-electron chi connectivity index (χ1n) is 11.1. The van der Waals surface area contributed by atoms with Gasteiger partial charge in [0, 0.05) is 24.8 Å². The van der Waals surface area contributed by atoms with E-state index in [1.807, 2.05) is 60.9 Å². The van der Waals surface area contributed by atoms with Crippen molar-refractivity contribution in [3.63, 3.8) is 0 Å². The minimum Gasteiger partial charge on any atom is -0.485 e. The zero-order valence-electron chi connectivity index (χ0n) is 19.7. The van der Waals surface area contributed by atoms with Crippen LogP contribution in [0.2, 0.25) is 0 Å². The second kappa shape index (κ2) is 11.9. The summed E-state index contributed by atoms with van der Waals surface area (Å²) in [6, 6.07) is 18.1. The van der Waals surface area contributed by atoms with Crippen LogP contribution in [0.25, 0.3) is 11.1 Å². The number of hydrogen-bond donors (Lipinski definition) is 1. The lowest BCUT2D eigenvalue weighted by atomic mass is 10.0. The number of methoxy groups -OCH3 is 1.